The molecule has 1 atom stereocenters. The number of hydrogen-bond donors (Lipinski definition) is 1. The van der Waals surface area contributed by atoms with Crippen molar-refractivity contribution in [3.63, 3.8) is 0 Å². The summed E-state index contributed by atoms with van der Waals surface area (Å²) in [6.07, 6.45) is -0.668. The minimum Gasteiger partial charge on any atom is -0.449 e. The van der Waals surface area contributed by atoms with Gasteiger partial charge in [0.15, 0.2) is 11.0 Å². The Hall–Kier alpha value is -1.36. The van der Waals surface area contributed by atoms with E-state index in [0.717, 1.165) is 5.56 Å². The van der Waals surface area contributed by atoms with Crippen LogP contribution in [0.25, 0.3) is 0 Å². The molecule has 0 aliphatic carbocycles. The normalized spacial score (nSPS) is 10.8. The molecule has 5 heteroatoms. The number of rotatable bonds is 3. The van der Waals surface area contributed by atoms with E-state index in [-0.39, 0.29) is 6.61 Å². The molecule has 0 bridgehead atoms. The molecule has 0 saturated carbocycles. The van der Waals surface area contributed by atoms with Gasteiger partial charge in [-0.2, -0.15) is 0 Å². The third-order valence-corrected chi connectivity index (χ3v) is 2.95. The van der Waals surface area contributed by atoms with Crippen molar-refractivity contribution in [3.8, 4) is 0 Å². The van der Waals surface area contributed by atoms with Crippen LogP contribution in [-0.4, -0.2) is 16.9 Å². The molecule has 4 nitrogen and oxygen atoms in total. The van der Waals surface area contributed by atoms with Crippen molar-refractivity contribution < 1.29 is 13.7 Å². The van der Waals surface area contributed by atoms with Gasteiger partial charge in [-0.15, -0.1) is 0 Å². The summed E-state index contributed by atoms with van der Waals surface area (Å²) in [6, 6.07) is 7.16. The second-order valence-corrected chi connectivity index (χ2v) is 4.04. The summed E-state index contributed by atoms with van der Waals surface area (Å²) in [5.74, 6) is 0. The Morgan fingerprint density at radius 1 is 1.35 bits per heavy atom. The molecule has 0 aliphatic heterocycles. The van der Waals surface area contributed by atoms with Crippen LogP contribution in [0.1, 0.15) is 26.3 Å². The number of benzene rings is 1. The molecule has 0 heterocycles. The molecule has 1 N–H and O–H groups in total. The second-order valence-electron chi connectivity index (χ2n) is 2.86. The summed E-state index contributed by atoms with van der Waals surface area (Å²) < 4.78 is 18.5. The van der Waals surface area contributed by atoms with E-state index < -0.39 is 17.1 Å². The van der Waals surface area contributed by atoms with E-state index in [4.69, 9.17) is 0 Å². The lowest BCUT2D eigenvalue weighted by molar-refractivity contribution is 0.159. The van der Waals surface area contributed by atoms with Gasteiger partial charge in [-0.25, -0.2) is 13.7 Å². The van der Waals surface area contributed by atoms with Crippen LogP contribution in [0.5, 0.6) is 0 Å². The van der Waals surface area contributed by atoms with Crippen molar-refractivity contribution in [1.82, 2.24) is 4.72 Å². The maximum atomic E-state index is 11.6. The summed E-state index contributed by atoms with van der Waals surface area (Å²) in [7, 11) is -1.55. The van der Waals surface area contributed by atoms with E-state index in [9.17, 15) is 9.00 Å². The van der Waals surface area contributed by atoms with Gasteiger partial charge in [0.25, 0.3) is 0 Å². The lowest BCUT2D eigenvalue weighted by Crippen LogP contribution is -2.26. The highest BCUT2D eigenvalue weighted by Crippen LogP contribution is 2.10. The van der Waals surface area contributed by atoms with Gasteiger partial charge in [0.1, 0.15) is 0 Å². The molecule has 1 aromatic carbocycles. The standard InChI is InChI=1S/C10H13NO3S.C2H6/c1-3-14-10(12)11-15(13)9-7-5-4-6-8(9)2;1-2/h4-7H,3H2,1-2H3,(H,11,12);1-2H3. The topological polar surface area (TPSA) is 55.4 Å². The van der Waals surface area contributed by atoms with Crippen molar-refractivity contribution in [3.05, 3.63) is 29.8 Å². The van der Waals surface area contributed by atoms with E-state index in [0.29, 0.717) is 4.90 Å². The van der Waals surface area contributed by atoms with Gasteiger partial charge in [0.2, 0.25) is 0 Å². The summed E-state index contributed by atoms with van der Waals surface area (Å²) in [5.41, 5.74) is 0.868. The van der Waals surface area contributed by atoms with E-state index in [1.165, 1.54) is 0 Å². The van der Waals surface area contributed by atoms with Crippen molar-refractivity contribution in [2.24, 2.45) is 0 Å². The fourth-order valence-electron chi connectivity index (χ4n) is 1.06. The third kappa shape index (κ3) is 5.49. The highest BCUT2D eigenvalue weighted by Gasteiger charge is 2.10. The molecule has 0 saturated heterocycles. The SMILES string of the molecule is CC.CCOC(=O)NS(=O)c1ccccc1C. The quantitative estimate of drug-likeness (QED) is 0.906. The van der Waals surface area contributed by atoms with E-state index in [1.807, 2.05) is 32.9 Å². The van der Waals surface area contributed by atoms with Crippen molar-refractivity contribution in [2.45, 2.75) is 32.6 Å². The van der Waals surface area contributed by atoms with E-state index in [2.05, 4.69) is 9.46 Å². The number of hydrogen-bond acceptors (Lipinski definition) is 3. The Labute approximate surface area is 105 Å². The van der Waals surface area contributed by atoms with Gasteiger partial charge in [0, 0.05) is 0 Å². The Morgan fingerprint density at radius 3 is 2.47 bits per heavy atom. The lowest BCUT2D eigenvalue weighted by Gasteiger charge is -2.06. The van der Waals surface area contributed by atoms with Crippen LogP contribution in [0.3, 0.4) is 0 Å². The molecular weight excluding hydrogens is 238 g/mol. The molecule has 0 spiro atoms. The van der Waals surface area contributed by atoms with Gasteiger partial charge >= 0.3 is 6.09 Å². The third-order valence-electron chi connectivity index (χ3n) is 1.74. The molecular formula is C12H19NO3S. The monoisotopic (exact) mass is 257 g/mol. The maximum absolute atomic E-state index is 11.6. The number of aryl methyl sites for hydroxylation is 1. The van der Waals surface area contributed by atoms with Gasteiger partial charge in [-0.3, -0.25) is 0 Å². The van der Waals surface area contributed by atoms with Crippen molar-refractivity contribution in [2.75, 3.05) is 6.61 Å². The number of carbonyl (C=O) groups excluding carboxylic acids is 1. The first kappa shape index (κ1) is 15.6. The fourth-order valence-corrected chi connectivity index (χ4v) is 1.94. The molecule has 1 unspecified atom stereocenters. The smallest absolute Gasteiger partial charge is 0.419 e. The molecule has 0 aromatic heterocycles. The predicted molar refractivity (Wildman–Crippen MR) is 69.1 cm³/mol. The van der Waals surface area contributed by atoms with Gasteiger partial charge in [0.05, 0.1) is 11.5 Å². The number of ether oxygens (including phenoxy) is 1. The Kier molecular flexibility index (Phi) is 8.05. The first-order valence-electron chi connectivity index (χ1n) is 5.56. The van der Waals surface area contributed by atoms with Crippen molar-refractivity contribution >= 4 is 17.1 Å². The Balaban J connectivity index is 0.00000121. The van der Waals surface area contributed by atoms with E-state index in [1.54, 1.807) is 19.1 Å². The Morgan fingerprint density at radius 2 is 1.94 bits per heavy atom. The number of nitrogens with one attached hydrogen (secondary N) is 1. The molecule has 17 heavy (non-hydrogen) atoms. The predicted octanol–water partition coefficient (Wildman–Crippen LogP) is 2.79. The van der Waals surface area contributed by atoms with Crippen LogP contribution in [0.4, 0.5) is 4.79 Å². The van der Waals surface area contributed by atoms with Gasteiger partial charge < -0.3 is 4.74 Å². The maximum Gasteiger partial charge on any atom is 0.419 e. The molecule has 1 rings (SSSR count). The number of carbonyl (C=O) groups is 1. The first-order chi connectivity index (χ1) is 8.15. The summed E-state index contributed by atoms with van der Waals surface area (Å²) in [6.45, 7) is 7.78. The molecule has 0 aliphatic rings. The summed E-state index contributed by atoms with van der Waals surface area (Å²) in [4.78, 5) is 11.6. The van der Waals surface area contributed by atoms with Gasteiger partial charge in [-0.05, 0) is 25.5 Å². The average Bonchev–Trinajstić information content (AvgIpc) is 2.32. The molecule has 1 amide bonds. The lowest BCUT2D eigenvalue weighted by atomic mass is 10.2. The minimum absolute atomic E-state index is 0.261. The second kappa shape index (κ2) is 8.75. The zero-order valence-corrected chi connectivity index (χ0v) is 11.5. The van der Waals surface area contributed by atoms with Crippen LogP contribution in [0.2, 0.25) is 0 Å². The number of amides is 1. The minimum atomic E-state index is -1.55. The molecule has 0 radical (unpaired) electrons. The largest absolute Gasteiger partial charge is 0.449 e. The zero-order valence-electron chi connectivity index (χ0n) is 10.6. The first-order valence-corrected chi connectivity index (χ1v) is 6.71. The van der Waals surface area contributed by atoms with Crippen LogP contribution in [0, 0.1) is 6.92 Å². The highest BCUT2D eigenvalue weighted by molar-refractivity contribution is 7.83. The van der Waals surface area contributed by atoms with Crippen LogP contribution in [-0.2, 0) is 15.7 Å². The zero-order chi connectivity index (χ0) is 13.3. The average molecular weight is 257 g/mol. The van der Waals surface area contributed by atoms with Crippen molar-refractivity contribution in [1.29, 1.82) is 0 Å². The van der Waals surface area contributed by atoms with Crippen LogP contribution in [0.15, 0.2) is 29.2 Å². The molecule has 1 aromatic rings. The fraction of sp³-hybridized carbons (Fsp3) is 0.417. The molecule has 96 valence electrons. The Bertz CT molecular complexity index is 380. The highest BCUT2D eigenvalue weighted by atomic mass is 32.2. The summed E-state index contributed by atoms with van der Waals surface area (Å²) in [5, 5.41) is 0. The van der Waals surface area contributed by atoms with Crippen LogP contribution >= 0.6 is 0 Å². The summed E-state index contributed by atoms with van der Waals surface area (Å²) >= 11 is 0. The van der Waals surface area contributed by atoms with Gasteiger partial charge in [-0.1, -0.05) is 32.0 Å². The van der Waals surface area contributed by atoms with E-state index >= 15 is 0 Å². The van der Waals surface area contributed by atoms with Crippen LogP contribution < -0.4 is 4.72 Å². The molecule has 0 fully saturated rings.